The van der Waals surface area contributed by atoms with Crippen molar-refractivity contribution < 1.29 is 24.9 Å². The molecule has 4 atom stereocenters. The fraction of sp³-hybridized carbons (Fsp3) is 0.375. The standard InChI is InChI=1S/C32H31N3O5/c36-24-7-6-21-15-25-32(39)16-23(30(38)34-22-3-1-2-20(14-22)19-8-11-33-12-9-19)27(37)29-31(32,26(21)28(24)40-29)10-13-35(25)17-18-4-5-18/h1-3,6-9,11-12,14,18,25,29,36-37,39H,4-5,10,13,15-17H2,(H,34,38)/t25-,29?,31+,32-/m1/s1. The molecule has 2 fully saturated rings. The highest BCUT2D eigenvalue weighted by Gasteiger charge is 2.73. The molecule has 1 spiro atoms. The van der Waals surface area contributed by atoms with Crippen LogP contribution in [0.5, 0.6) is 11.5 Å². The summed E-state index contributed by atoms with van der Waals surface area (Å²) in [6, 6.07) is 14.7. The Labute approximate surface area is 231 Å². The van der Waals surface area contributed by atoms with E-state index >= 15 is 0 Å². The zero-order chi connectivity index (χ0) is 27.2. The summed E-state index contributed by atoms with van der Waals surface area (Å²) < 4.78 is 6.30. The molecule has 0 radical (unpaired) electrons. The number of rotatable bonds is 5. The fourth-order valence-electron chi connectivity index (χ4n) is 7.90. The third kappa shape index (κ3) is 3.20. The summed E-state index contributed by atoms with van der Waals surface area (Å²) in [4.78, 5) is 20.3. The molecule has 2 bridgehead atoms. The number of hydrogen-bond acceptors (Lipinski definition) is 7. The molecule has 2 aliphatic heterocycles. The summed E-state index contributed by atoms with van der Waals surface area (Å²) >= 11 is 0. The van der Waals surface area contributed by atoms with Gasteiger partial charge in [0.1, 0.15) is 5.76 Å². The minimum Gasteiger partial charge on any atom is -0.508 e. The van der Waals surface area contributed by atoms with Crippen molar-refractivity contribution in [3.63, 3.8) is 0 Å². The first-order chi connectivity index (χ1) is 19.4. The van der Waals surface area contributed by atoms with E-state index in [-0.39, 0.29) is 29.5 Å². The van der Waals surface area contributed by atoms with Gasteiger partial charge < -0.3 is 25.4 Å². The number of nitrogens with one attached hydrogen (secondary N) is 1. The second-order valence-electron chi connectivity index (χ2n) is 12.1. The van der Waals surface area contributed by atoms with Crippen LogP contribution in [0, 0.1) is 5.92 Å². The number of carbonyl (C=O) groups is 1. The SMILES string of the molecule is O=C(Nc1cccc(-c2ccncc2)c1)C1=C(O)C2Oc3c(O)ccc4c3[C@@]23CCN(CC2CC2)[C@H](C4)[C@]3(O)C1. The molecular weight excluding hydrogens is 506 g/mol. The van der Waals surface area contributed by atoms with E-state index in [1.54, 1.807) is 24.5 Å². The van der Waals surface area contributed by atoms with E-state index in [9.17, 15) is 20.1 Å². The lowest BCUT2D eigenvalue weighted by atomic mass is 9.49. The number of aromatic hydroxyl groups is 1. The van der Waals surface area contributed by atoms with Gasteiger partial charge in [0.05, 0.1) is 16.6 Å². The van der Waals surface area contributed by atoms with E-state index in [2.05, 4.69) is 15.2 Å². The maximum Gasteiger partial charge on any atom is 0.255 e. The van der Waals surface area contributed by atoms with Crippen molar-refractivity contribution in [3.05, 3.63) is 83.4 Å². The first-order valence-electron chi connectivity index (χ1n) is 14.1. The van der Waals surface area contributed by atoms with Gasteiger partial charge in [-0.3, -0.25) is 14.7 Å². The topological polar surface area (TPSA) is 115 Å². The smallest absolute Gasteiger partial charge is 0.255 e. The highest BCUT2D eigenvalue weighted by atomic mass is 16.5. The number of amides is 1. The fourth-order valence-corrected chi connectivity index (χ4v) is 7.90. The number of phenolic OH excluding ortho intramolecular Hbond substituents is 1. The number of anilines is 1. The number of aliphatic hydroxyl groups excluding tert-OH is 1. The van der Waals surface area contributed by atoms with Crippen LogP contribution >= 0.6 is 0 Å². The van der Waals surface area contributed by atoms with Crippen molar-refractivity contribution in [3.8, 4) is 22.6 Å². The minimum atomic E-state index is -1.34. The monoisotopic (exact) mass is 537 g/mol. The number of phenols is 1. The van der Waals surface area contributed by atoms with Crippen LogP contribution in [0.3, 0.4) is 0 Å². The molecule has 3 aliphatic carbocycles. The highest BCUT2D eigenvalue weighted by Crippen LogP contribution is 2.66. The van der Waals surface area contributed by atoms with Gasteiger partial charge in [-0.25, -0.2) is 0 Å². The highest BCUT2D eigenvalue weighted by molar-refractivity contribution is 6.05. The van der Waals surface area contributed by atoms with Gasteiger partial charge >= 0.3 is 0 Å². The van der Waals surface area contributed by atoms with Crippen LogP contribution in [0.2, 0.25) is 0 Å². The number of carbonyl (C=O) groups excluding carboxylic acids is 1. The van der Waals surface area contributed by atoms with Gasteiger partial charge in [0.25, 0.3) is 5.91 Å². The molecule has 1 amide bonds. The van der Waals surface area contributed by atoms with E-state index in [4.69, 9.17) is 4.74 Å². The van der Waals surface area contributed by atoms with Gasteiger partial charge in [0.15, 0.2) is 17.6 Å². The molecule has 3 aromatic rings. The third-order valence-electron chi connectivity index (χ3n) is 9.93. The predicted octanol–water partition coefficient (Wildman–Crippen LogP) is 4.08. The van der Waals surface area contributed by atoms with Gasteiger partial charge in [0.2, 0.25) is 0 Å². The molecular formula is C32H31N3O5. The number of aromatic nitrogens is 1. The number of aliphatic hydroxyl groups is 2. The van der Waals surface area contributed by atoms with Gasteiger partial charge in [-0.2, -0.15) is 0 Å². The van der Waals surface area contributed by atoms with Crippen LogP contribution in [0.4, 0.5) is 5.69 Å². The Balaban J connectivity index is 1.20. The van der Waals surface area contributed by atoms with Crippen molar-refractivity contribution >= 4 is 11.6 Å². The number of ether oxygens (including phenoxy) is 1. The summed E-state index contributed by atoms with van der Waals surface area (Å²) in [6.45, 7) is 1.70. The Hall–Kier alpha value is -3.88. The minimum absolute atomic E-state index is 0.00420. The molecule has 2 aromatic carbocycles. The Morgan fingerprint density at radius 1 is 1.10 bits per heavy atom. The predicted molar refractivity (Wildman–Crippen MR) is 148 cm³/mol. The van der Waals surface area contributed by atoms with Gasteiger partial charge in [-0.05, 0) is 85.2 Å². The lowest BCUT2D eigenvalue weighted by Crippen LogP contribution is -2.75. The number of benzene rings is 2. The molecule has 8 heteroatoms. The van der Waals surface area contributed by atoms with Crippen molar-refractivity contribution in [2.45, 2.75) is 55.3 Å². The maximum absolute atomic E-state index is 13.8. The molecule has 204 valence electrons. The van der Waals surface area contributed by atoms with Gasteiger partial charge in [-0.15, -0.1) is 0 Å². The molecule has 1 saturated carbocycles. The Kier molecular flexibility index (Phi) is 4.98. The van der Waals surface area contributed by atoms with E-state index in [0.717, 1.165) is 35.3 Å². The average molecular weight is 538 g/mol. The van der Waals surface area contributed by atoms with E-state index in [1.807, 2.05) is 36.4 Å². The molecule has 1 unspecified atom stereocenters. The number of nitrogens with zero attached hydrogens (tertiary/aromatic N) is 2. The summed E-state index contributed by atoms with van der Waals surface area (Å²) in [5, 5.41) is 38.1. The lowest BCUT2D eigenvalue weighted by Gasteiger charge is -2.62. The van der Waals surface area contributed by atoms with E-state index < -0.39 is 23.0 Å². The van der Waals surface area contributed by atoms with Crippen LogP contribution < -0.4 is 10.1 Å². The third-order valence-corrected chi connectivity index (χ3v) is 9.93. The zero-order valence-corrected chi connectivity index (χ0v) is 22.0. The lowest BCUT2D eigenvalue weighted by molar-refractivity contribution is -0.172. The maximum atomic E-state index is 13.8. The molecule has 40 heavy (non-hydrogen) atoms. The second kappa shape index (κ2) is 8.32. The van der Waals surface area contributed by atoms with E-state index in [0.29, 0.717) is 30.2 Å². The van der Waals surface area contributed by atoms with Crippen LogP contribution in [0.15, 0.2) is 72.3 Å². The van der Waals surface area contributed by atoms with Crippen molar-refractivity contribution in [1.29, 1.82) is 0 Å². The molecule has 1 aromatic heterocycles. The number of likely N-dealkylation sites (tertiary alicyclic amines) is 1. The van der Waals surface area contributed by atoms with Crippen molar-refractivity contribution in [2.75, 3.05) is 18.4 Å². The summed E-state index contributed by atoms with van der Waals surface area (Å²) in [5.74, 6) is 0.344. The van der Waals surface area contributed by atoms with Crippen LogP contribution in [0.25, 0.3) is 11.1 Å². The molecule has 1 saturated heterocycles. The first kappa shape index (κ1) is 24.0. The normalized spacial score (nSPS) is 30.0. The molecule has 3 heterocycles. The molecule has 4 N–H and O–H groups in total. The quantitative estimate of drug-likeness (QED) is 0.388. The Morgan fingerprint density at radius 3 is 2.73 bits per heavy atom. The number of hydrogen-bond donors (Lipinski definition) is 4. The van der Waals surface area contributed by atoms with Crippen LogP contribution in [-0.4, -0.2) is 61.9 Å². The number of pyridine rings is 1. The second-order valence-corrected chi connectivity index (χ2v) is 12.1. The first-order valence-corrected chi connectivity index (χ1v) is 14.1. The largest absolute Gasteiger partial charge is 0.508 e. The molecule has 8 rings (SSSR count). The molecule has 5 aliphatic rings. The average Bonchev–Trinajstić information content (AvgIpc) is 3.70. The number of piperidine rings is 1. The Bertz CT molecular complexity index is 1580. The summed E-state index contributed by atoms with van der Waals surface area (Å²) in [6.07, 6.45) is 6.11. The van der Waals surface area contributed by atoms with Crippen LogP contribution in [0.1, 0.15) is 36.8 Å². The van der Waals surface area contributed by atoms with Gasteiger partial charge in [-0.1, -0.05) is 18.2 Å². The Morgan fingerprint density at radius 2 is 1.93 bits per heavy atom. The van der Waals surface area contributed by atoms with Crippen molar-refractivity contribution in [2.24, 2.45) is 5.92 Å². The summed E-state index contributed by atoms with van der Waals surface area (Å²) in [5.41, 5.74) is 2.20. The van der Waals surface area contributed by atoms with Crippen molar-refractivity contribution in [1.82, 2.24) is 9.88 Å². The van der Waals surface area contributed by atoms with Crippen LogP contribution in [-0.2, 0) is 16.6 Å². The molecule has 8 nitrogen and oxygen atoms in total. The van der Waals surface area contributed by atoms with Gasteiger partial charge in [0, 0.05) is 42.7 Å². The zero-order valence-electron chi connectivity index (χ0n) is 22.0. The summed E-state index contributed by atoms with van der Waals surface area (Å²) in [7, 11) is 0. The van der Waals surface area contributed by atoms with E-state index in [1.165, 1.54) is 12.8 Å².